The lowest BCUT2D eigenvalue weighted by molar-refractivity contribution is -0.127. The summed E-state index contributed by atoms with van der Waals surface area (Å²) in [5.74, 6) is -0.635. The van der Waals surface area contributed by atoms with Gasteiger partial charge in [0.1, 0.15) is 23.9 Å². The van der Waals surface area contributed by atoms with Crippen LogP contribution in [0.5, 0.6) is 17.2 Å². The van der Waals surface area contributed by atoms with E-state index in [0.29, 0.717) is 45.3 Å². The third-order valence-corrected chi connectivity index (χ3v) is 7.68. The largest absolute Gasteiger partial charge is 0.497 e. The summed E-state index contributed by atoms with van der Waals surface area (Å²) in [5.41, 5.74) is 0.328. The zero-order valence-electron chi connectivity index (χ0n) is 20.0. The van der Waals surface area contributed by atoms with Gasteiger partial charge in [-0.3, -0.25) is 9.59 Å². The van der Waals surface area contributed by atoms with Crippen LogP contribution in [0.1, 0.15) is 41.4 Å². The number of esters is 1. The molecule has 36 heavy (non-hydrogen) atoms. The van der Waals surface area contributed by atoms with Gasteiger partial charge in [0, 0.05) is 34.6 Å². The van der Waals surface area contributed by atoms with Gasteiger partial charge in [0.15, 0.2) is 23.1 Å². The number of carbonyl (C=O) groups is 3. The van der Waals surface area contributed by atoms with E-state index in [-0.39, 0.29) is 25.0 Å². The van der Waals surface area contributed by atoms with Gasteiger partial charge in [-0.25, -0.2) is 4.79 Å². The molecule has 8 nitrogen and oxygen atoms in total. The molecule has 2 aromatic rings. The molecule has 4 unspecified atom stereocenters. The van der Waals surface area contributed by atoms with E-state index in [2.05, 4.69) is 0 Å². The lowest BCUT2D eigenvalue weighted by atomic mass is 9.62. The predicted octanol–water partition coefficient (Wildman–Crippen LogP) is 3.84. The lowest BCUT2D eigenvalue weighted by Gasteiger charge is -2.39. The van der Waals surface area contributed by atoms with Gasteiger partial charge in [0.05, 0.1) is 12.7 Å². The molecule has 4 aliphatic rings. The van der Waals surface area contributed by atoms with E-state index in [1.54, 1.807) is 43.3 Å². The molecule has 2 aliphatic heterocycles. The number of benzene rings is 2. The van der Waals surface area contributed by atoms with E-state index in [9.17, 15) is 14.4 Å². The molecule has 0 radical (unpaired) electrons. The van der Waals surface area contributed by atoms with Gasteiger partial charge in [0.25, 0.3) is 0 Å². The van der Waals surface area contributed by atoms with Gasteiger partial charge in [-0.1, -0.05) is 32.0 Å². The van der Waals surface area contributed by atoms with Crippen molar-refractivity contribution in [1.82, 2.24) is 0 Å². The van der Waals surface area contributed by atoms with Crippen molar-refractivity contribution in [3.63, 3.8) is 0 Å². The van der Waals surface area contributed by atoms with Crippen LogP contribution in [0.4, 0.5) is 0 Å². The number of fused-ring (bicyclic) bond motifs is 2. The summed E-state index contributed by atoms with van der Waals surface area (Å²) in [4.78, 5) is 40.9. The van der Waals surface area contributed by atoms with Gasteiger partial charge in [-0.05, 0) is 24.3 Å². The summed E-state index contributed by atoms with van der Waals surface area (Å²) in [5, 5.41) is 0. The van der Waals surface area contributed by atoms with Crippen molar-refractivity contribution in [1.29, 1.82) is 0 Å². The second kappa shape index (κ2) is 7.98. The second-order valence-corrected chi connectivity index (χ2v) is 9.47. The standard InChI is InChI=1S/C28H24O8/c1-14-15(2)24(36-27(31)16-7-5-4-6-8-16)18-11-20-25(35-13-34-20)26-22(18)28(12-33-26)19(23(14)30)9-17(32-3)10-21(28)29/h4-11,14-15,24H,12-13H2,1-3H3. The Hall–Kier alpha value is -4.07. The Morgan fingerprint density at radius 2 is 1.81 bits per heavy atom. The fourth-order valence-electron chi connectivity index (χ4n) is 5.54. The quantitative estimate of drug-likeness (QED) is 0.602. The second-order valence-electron chi connectivity index (χ2n) is 9.47. The molecule has 8 heteroatoms. The maximum absolute atomic E-state index is 13.9. The lowest BCUT2D eigenvalue weighted by Crippen LogP contribution is -2.47. The Morgan fingerprint density at radius 1 is 1.03 bits per heavy atom. The Labute approximate surface area is 207 Å². The van der Waals surface area contributed by atoms with Gasteiger partial charge in [-0.2, -0.15) is 0 Å². The highest BCUT2D eigenvalue weighted by molar-refractivity contribution is 6.15. The number of hydrogen-bond acceptors (Lipinski definition) is 8. The van der Waals surface area contributed by atoms with Crippen molar-refractivity contribution in [3.05, 3.63) is 76.6 Å². The minimum atomic E-state index is -1.41. The first kappa shape index (κ1) is 22.4. The predicted molar refractivity (Wildman–Crippen MR) is 126 cm³/mol. The summed E-state index contributed by atoms with van der Waals surface area (Å²) in [6.07, 6.45) is 2.15. The number of allylic oxidation sites excluding steroid dienone is 2. The highest BCUT2D eigenvalue weighted by atomic mass is 16.7. The van der Waals surface area contributed by atoms with E-state index < -0.39 is 29.3 Å². The summed E-state index contributed by atoms with van der Waals surface area (Å²) in [6, 6.07) is 10.4. The molecular formula is C28H24O8. The smallest absolute Gasteiger partial charge is 0.338 e. The molecule has 0 fully saturated rings. The van der Waals surface area contributed by atoms with Crippen LogP contribution in [0.2, 0.25) is 0 Å². The van der Waals surface area contributed by atoms with Crippen molar-refractivity contribution < 1.29 is 38.1 Å². The topological polar surface area (TPSA) is 97.4 Å². The molecule has 0 saturated heterocycles. The normalized spacial score (nSPS) is 27.6. The van der Waals surface area contributed by atoms with Crippen molar-refractivity contribution in [3.8, 4) is 17.2 Å². The maximum atomic E-state index is 13.9. The summed E-state index contributed by atoms with van der Waals surface area (Å²) < 4.78 is 28.9. The average molecular weight is 488 g/mol. The molecule has 0 amide bonds. The molecular weight excluding hydrogens is 464 g/mol. The van der Waals surface area contributed by atoms with Crippen LogP contribution in [-0.2, 0) is 24.5 Å². The molecule has 2 aromatic carbocycles. The van der Waals surface area contributed by atoms with E-state index >= 15 is 0 Å². The van der Waals surface area contributed by atoms with Crippen LogP contribution in [0.3, 0.4) is 0 Å². The van der Waals surface area contributed by atoms with Crippen LogP contribution in [-0.4, -0.2) is 38.0 Å². The highest BCUT2D eigenvalue weighted by Gasteiger charge is 2.59. The van der Waals surface area contributed by atoms with Crippen LogP contribution in [0, 0.1) is 11.8 Å². The van der Waals surface area contributed by atoms with Gasteiger partial charge < -0.3 is 23.7 Å². The number of carbonyl (C=O) groups excluding carboxylic acids is 3. The number of methoxy groups -OCH3 is 1. The third-order valence-electron chi connectivity index (χ3n) is 7.68. The molecule has 0 saturated carbocycles. The maximum Gasteiger partial charge on any atom is 0.338 e. The first-order valence-corrected chi connectivity index (χ1v) is 11.8. The third kappa shape index (κ3) is 2.96. The zero-order chi connectivity index (χ0) is 25.2. The van der Waals surface area contributed by atoms with Crippen LogP contribution in [0.25, 0.3) is 0 Å². The van der Waals surface area contributed by atoms with Crippen molar-refractivity contribution in [2.45, 2.75) is 25.4 Å². The number of ketones is 2. The highest BCUT2D eigenvalue weighted by Crippen LogP contribution is 2.59. The summed E-state index contributed by atoms with van der Waals surface area (Å²) >= 11 is 0. The molecule has 0 N–H and O–H groups in total. The van der Waals surface area contributed by atoms with Crippen molar-refractivity contribution in [2.24, 2.45) is 11.8 Å². The van der Waals surface area contributed by atoms with E-state index in [4.69, 9.17) is 23.7 Å². The van der Waals surface area contributed by atoms with Gasteiger partial charge >= 0.3 is 5.97 Å². The van der Waals surface area contributed by atoms with Crippen LogP contribution in [0.15, 0.2) is 59.9 Å². The van der Waals surface area contributed by atoms with Crippen LogP contribution >= 0.6 is 0 Å². The molecule has 0 bridgehead atoms. The Kier molecular flexibility index (Phi) is 4.96. The minimum absolute atomic E-state index is 0.00862. The minimum Gasteiger partial charge on any atom is -0.497 e. The monoisotopic (exact) mass is 488 g/mol. The van der Waals surface area contributed by atoms with Gasteiger partial charge in [-0.15, -0.1) is 0 Å². The molecule has 2 aliphatic carbocycles. The van der Waals surface area contributed by atoms with Crippen LogP contribution < -0.4 is 14.2 Å². The molecule has 2 heterocycles. The summed E-state index contributed by atoms with van der Waals surface area (Å²) in [6.45, 7) is 3.56. The summed E-state index contributed by atoms with van der Waals surface area (Å²) in [7, 11) is 1.45. The number of hydrogen-bond donors (Lipinski definition) is 0. The first-order valence-electron chi connectivity index (χ1n) is 11.8. The molecule has 0 aromatic heterocycles. The van der Waals surface area contributed by atoms with Gasteiger partial charge in [0.2, 0.25) is 12.5 Å². The Balaban J connectivity index is 1.61. The number of rotatable bonds is 3. The number of ether oxygens (including phenoxy) is 5. The zero-order valence-corrected chi connectivity index (χ0v) is 20.0. The number of Topliss-reactive ketones (excluding diaryl/α,β-unsaturated/α-hetero) is 1. The Bertz CT molecular complexity index is 1370. The van der Waals surface area contributed by atoms with Crippen molar-refractivity contribution >= 4 is 17.5 Å². The molecule has 6 rings (SSSR count). The molecule has 4 atom stereocenters. The average Bonchev–Trinajstić information content (AvgIpc) is 3.53. The molecule has 1 spiro atoms. The van der Waals surface area contributed by atoms with E-state index in [1.165, 1.54) is 13.2 Å². The van der Waals surface area contributed by atoms with E-state index in [1.807, 2.05) is 13.0 Å². The fourth-order valence-corrected chi connectivity index (χ4v) is 5.54. The SMILES string of the molecule is COC1=CC(=O)C23COc4c5c(cc(c42)C(OC(=O)c2ccccc2)C(C)C(C)C(=O)C3=C1)OCO5. The fraction of sp³-hybridized carbons (Fsp3) is 0.321. The first-order chi connectivity index (χ1) is 17.4. The Morgan fingerprint density at radius 3 is 2.56 bits per heavy atom. The van der Waals surface area contributed by atoms with Crippen molar-refractivity contribution in [2.75, 3.05) is 20.5 Å². The molecule has 184 valence electrons. The van der Waals surface area contributed by atoms with E-state index in [0.717, 1.165) is 0 Å².